The molecule has 0 aliphatic carbocycles. The first kappa shape index (κ1) is 12.3. The minimum Gasteiger partial charge on any atom is -0.384 e. The maximum atomic E-state index is 13.4. The summed E-state index contributed by atoms with van der Waals surface area (Å²) in [5, 5.41) is 7.51. The molecular weight excluding hydrogens is 260 g/mol. The highest BCUT2D eigenvalue weighted by molar-refractivity contribution is 7.82. The third-order valence-electron chi connectivity index (χ3n) is 2.59. The number of nitrogens with one attached hydrogen (secondary N) is 1. The van der Waals surface area contributed by atoms with Gasteiger partial charge in [-0.25, -0.2) is 13.7 Å². The first-order valence-corrected chi connectivity index (χ1v) is 5.82. The average Bonchev–Trinajstić information content (AvgIpc) is 2.57. The summed E-state index contributed by atoms with van der Waals surface area (Å²) in [6.07, 6.45) is -4.44. The minimum atomic E-state index is -4.44. The topological polar surface area (TPSA) is 55.1 Å². The predicted molar refractivity (Wildman–Crippen MR) is 54.3 cm³/mol. The lowest BCUT2D eigenvalue weighted by atomic mass is 10.0. The fourth-order valence-electron chi connectivity index (χ4n) is 1.78. The van der Waals surface area contributed by atoms with Crippen LogP contribution in [0.4, 0.5) is 23.2 Å². The normalized spacial score (nSPS) is 20.9. The number of rotatable bonds is 1. The molecular formula is C9H8F4N2OS. The fourth-order valence-corrected chi connectivity index (χ4v) is 2.26. The second kappa shape index (κ2) is 3.95. The molecule has 0 aromatic heterocycles. The highest BCUT2D eigenvalue weighted by Gasteiger charge is 2.44. The molecule has 94 valence electrons. The van der Waals surface area contributed by atoms with Crippen LogP contribution in [0.25, 0.3) is 0 Å². The monoisotopic (exact) mass is 268 g/mol. The van der Waals surface area contributed by atoms with E-state index in [1.54, 1.807) is 0 Å². The fraction of sp³-hybridized carbons (Fsp3) is 0.333. The van der Waals surface area contributed by atoms with E-state index >= 15 is 0 Å². The van der Waals surface area contributed by atoms with Crippen molar-refractivity contribution >= 4 is 16.7 Å². The van der Waals surface area contributed by atoms with Gasteiger partial charge in [0.25, 0.3) is 0 Å². The Morgan fingerprint density at radius 1 is 1.41 bits per heavy atom. The molecule has 0 bridgehead atoms. The van der Waals surface area contributed by atoms with E-state index in [0.717, 1.165) is 12.1 Å². The third kappa shape index (κ3) is 2.14. The summed E-state index contributed by atoms with van der Waals surface area (Å²) in [5.41, 5.74) is -0.0493. The zero-order valence-electron chi connectivity index (χ0n) is 8.34. The zero-order chi connectivity index (χ0) is 12.8. The highest BCUT2D eigenvalue weighted by atomic mass is 32.2. The molecule has 2 unspecified atom stereocenters. The summed E-state index contributed by atoms with van der Waals surface area (Å²) in [6, 6.07) is 1.81. The number of halogens is 4. The lowest BCUT2D eigenvalue weighted by Gasteiger charge is -2.14. The predicted octanol–water partition coefficient (Wildman–Crippen LogP) is 1.88. The van der Waals surface area contributed by atoms with Gasteiger partial charge in [0, 0.05) is 12.2 Å². The Morgan fingerprint density at radius 2 is 2.06 bits per heavy atom. The van der Waals surface area contributed by atoms with Crippen LogP contribution < -0.4 is 10.5 Å². The van der Waals surface area contributed by atoms with Gasteiger partial charge in [-0.05, 0) is 17.7 Å². The molecule has 2 rings (SSSR count). The van der Waals surface area contributed by atoms with Crippen molar-refractivity contribution in [3.63, 3.8) is 0 Å². The number of hydrogen-bond acceptors (Lipinski definition) is 2. The zero-order valence-corrected chi connectivity index (χ0v) is 9.16. The Morgan fingerprint density at radius 3 is 2.59 bits per heavy atom. The SMILES string of the molecule is NS(=O)c1cc2c(cc1F)C(C(F)(F)F)CN2. The summed E-state index contributed by atoms with van der Waals surface area (Å²) < 4.78 is 62.1. The molecule has 0 fully saturated rings. The van der Waals surface area contributed by atoms with Crippen molar-refractivity contribution in [2.75, 3.05) is 11.9 Å². The van der Waals surface area contributed by atoms with E-state index in [2.05, 4.69) is 5.32 Å². The van der Waals surface area contributed by atoms with Crippen LogP contribution in [-0.4, -0.2) is 16.9 Å². The van der Waals surface area contributed by atoms with E-state index in [1.807, 2.05) is 0 Å². The molecule has 17 heavy (non-hydrogen) atoms. The molecule has 0 radical (unpaired) electrons. The molecule has 0 spiro atoms. The van der Waals surface area contributed by atoms with Crippen molar-refractivity contribution in [1.82, 2.24) is 0 Å². The standard InChI is InChI=1S/C9H8F4N2OS/c10-6-1-4-5(9(11,12)13)3-15-7(4)2-8(6)17(14)16/h1-2,5,15H,3,14H2. The van der Waals surface area contributed by atoms with Crippen LogP contribution in [0.3, 0.4) is 0 Å². The van der Waals surface area contributed by atoms with E-state index in [1.165, 1.54) is 0 Å². The second-order valence-corrected chi connectivity index (χ2v) is 4.68. The number of nitrogens with two attached hydrogens (primary N) is 1. The third-order valence-corrected chi connectivity index (χ3v) is 3.33. The first-order valence-electron chi connectivity index (χ1n) is 4.61. The van der Waals surface area contributed by atoms with Gasteiger partial charge < -0.3 is 5.32 Å². The van der Waals surface area contributed by atoms with E-state index in [4.69, 9.17) is 5.14 Å². The van der Waals surface area contributed by atoms with Gasteiger partial charge in [-0.2, -0.15) is 13.2 Å². The summed E-state index contributed by atoms with van der Waals surface area (Å²) in [7, 11) is -2.06. The summed E-state index contributed by atoms with van der Waals surface area (Å²) in [4.78, 5) is -0.306. The molecule has 1 aromatic rings. The van der Waals surface area contributed by atoms with Crippen LogP contribution in [0.2, 0.25) is 0 Å². The van der Waals surface area contributed by atoms with E-state index in [0.29, 0.717) is 0 Å². The minimum absolute atomic E-state index is 0.127. The van der Waals surface area contributed by atoms with Crippen LogP contribution >= 0.6 is 0 Å². The smallest absolute Gasteiger partial charge is 0.384 e. The molecule has 1 heterocycles. The Labute approximate surface area is 96.6 Å². The van der Waals surface area contributed by atoms with Crippen LogP contribution in [-0.2, 0) is 11.0 Å². The van der Waals surface area contributed by atoms with Crippen molar-refractivity contribution in [3.8, 4) is 0 Å². The Bertz CT molecular complexity index is 489. The number of benzene rings is 1. The van der Waals surface area contributed by atoms with Crippen molar-refractivity contribution in [1.29, 1.82) is 0 Å². The van der Waals surface area contributed by atoms with Gasteiger partial charge in [-0.1, -0.05) is 0 Å². The summed E-state index contributed by atoms with van der Waals surface area (Å²) in [5.74, 6) is -2.73. The maximum Gasteiger partial charge on any atom is 0.397 e. The molecule has 3 N–H and O–H groups in total. The van der Waals surface area contributed by atoms with E-state index in [9.17, 15) is 21.8 Å². The lowest BCUT2D eigenvalue weighted by Crippen LogP contribution is -2.22. The first-order chi connectivity index (χ1) is 7.80. The van der Waals surface area contributed by atoms with Crippen LogP contribution in [0.1, 0.15) is 11.5 Å². The molecule has 1 aromatic carbocycles. The Balaban J connectivity index is 2.50. The maximum absolute atomic E-state index is 13.4. The van der Waals surface area contributed by atoms with Gasteiger partial charge in [0.2, 0.25) is 0 Å². The molecule has 0 saturated carbocycles. The highest BCUT2D eigenvalue weighted by Crippen LogP contribution is 2.43. The average molecular weight is 268 g/mol. The van der Waals surface area contributed by atoms with Crippen molar-refractivity contribution in [2.45, 2.75) is 17.0 Å². The number of anilines is 1. The summed E-state index contributed by atoms with van der Waals surface area (Å²) in [6.45, 7) is -0.348. The molecule has 8 heteroatoms. The Hall–Kier alpha value is -1.15. The van der Waals surface area contributed by atoms with Crippen LogP contribution in [0.5, 0.6) is 0 Å². The molecule has 0 saturated heterocycles. The molecule has 1 aliphatic heterocycles. The van der Waals surface area contributed by atoms with Gasteiger partial charge in [-0.3, -0.25) is 0 Å². The van der Waals surface area contributed by atoms with E-state index in [-0.39, 0.29) is 22.7 Å². The molecule has 3 nitrogen and oxygen atoms in total. The van der Waals surface area contributed by atoms with Gasteiger partial charge >= 0.3 is 6.18 Å². The van der Waals surface area contributed by atoms with Crippen molar-refractivity contribution < 1.29 is 21.8 Å². The van der Waals surface area contributed by atoms with Gasteiger partial charge in [0.15, 0.2) is 0 Å². The Kier molecular flexibility index (Phi) is 2.86. The number of fused-ring (bicyclic) bond motifs is 1. The molecule has 1 aliphatic rings. The summed E-state index contributed by atoms with van der Waals surface area (Å²) >= 11 is 0. The van der Waals surface area contributed by atoms with Crippen LogP contribution in [0.15, 0.2) is 17.0 Å². The number of hydrogen-bond donors (Lipinski definition) is 2. The van der Waals surface area contributed by atoms with Gasteiger partial charge in [-0.15, -0.1) is 0 Å². The second-order valence-electron chi connectivity index (χ2n) is 3.64. The number of alkyl halides is 3. The largest absolute Gasteiger partial charge is 0.397 e. The quantitative estimate of drug-likeness (QED) is 0.764. The van der Waals surface area contributed by atoms with Crippen LogP contribution in [0, 0.1) is 5.82 Å². The van der Waals surface area contributed by atoms with Crippen molar-refractivity contribution in [2.24, 2.45) is 5.14 Å². The molecule has 2 atom stereocenters. The molecule has 0 amide bonds. The van der Waals surface area contributed by atoms with Gasteiger partial charge in [0.05, 0.1) is 10.8 Å². The van der Waals surface area contributed by atoms with Crippen molar-refractivity contribution in [3.05, 3.63) is 23.5 Å². The lowest BCUT2D eigenvalue weighted by molar-refractivity contribution is -0.145. The van der Waals surface area contributed by atoms with E-state index < -0.39 is 28.9 Å². The van der Waals surface area contributed by atoms with Gasteiger partial charge in [0.1, 0.15) is 16.8 Å².